The fourth-order valence-electron chi connectivity index (χ4n) is 1.48. The van der Waals surface area contributed by atoms with Gasteiger partial charge >= 0.3 is 0 Å². The van der Waals surface area contributed by atoms with Crippen LogP contribution >= 0.6 is 11.6 Å². The molecule has 0 atom stereocenters. The second-order valence-electron chi connectivity index (χ2n) is 3.36. The van der Waals surface area contributed by atoms with Crippen LogP contribution in [0.5, 0.6) is 17.2 Å². The van der Waals surface area contributed by atoms with Crippen LogP contribution in [-0.2, 0) is 4.79 Å². The summed E-state index contributed by atoms with van der Waals surface area (Å²) in [6.07, 6.45) is 3.03. The Balaban J connectivity index is 3.20. The molecule has 4 nitrogen and oxygen atoms in total. The minimum Gasteiger partial charge on any atom is -0.493 e. The molecule has 0 aliphatic heterocycles. The maximum atomic E-state index is 11.1. The van der Waals surface area contributed by atoms with Crippen molar-refractivity contribution in [1.29, 1.82) is 0 Å². The molecule has 0 saturated carbocycles. The van der Waals surface area contributed by atoms with Crippen molar-refractivity contribution in [2.45, 2.75) is 0 Å². The predicted octanol–water partition coefficient (Wildman–Crippen LogP) is 2.53. The molecule has 0 spiro atoms. The van der Waals surface area contributed by atoms with Gasteiger partial charge in [0.25, 0.3) is 0 Å². The zero-order valence-corrected chi connectivity index (χ0v) is 11.3. The Kier molecular flexibility index (Phi) is 5.52. The van der Waals surface area contributed by atoms with Gasteiger partial charge in [-0.1, -0.05) is 0 Å². The Labute approximate surface area is 111 Å². The number of hydrogen-bond acceptors (Lipinski definition) is 4. The fourth-order valence-corrected chi connectivity index (χ4v) is 1.57. The summed E-state index contributed by atoms with van der Waals surface area (Å²) in [5.74, 6) is 1.34. The minimum absolute atomic E-state index is 0.0495. The quantitative estimate of drug-likeness (QED) is 0.589. The lowest BCUT2D eigenvalue weighted by Gasteiger charge is -2.13. The molecule has 0 heterocycles. The molecule has 1 aromatic rings. The smallest absolute Gasteiger partial charge is 0.203 e. The lowest BCUT2D eigenvalue weighted by molar-refractivity contribution is -0.112. The number of methoxy groups -OCH3 is 3. The number of hydrogen-bond donors (Lipinski definition) is 0. The number of ketones is 1. The van der Waals surface area contributed by atoms with Gasteiger partial charge in [0.15, 0.2) is 17.3 Å². The van der Waals surface area contributed by atoms with Gasteiger partial charge in [-0.15, -0.1) is 11.6 Å². The van der Waals surface area contributed by atoms with Gasteiger partial charge in [0.2, 0.25) is 5.75 Å². The molecule has 0 N–H and O–H groups in total. The summed E-state index contributed by atoms with van der Waals surface area (Å²) in [6, 6.07) is 3.52. The van der Waals surface area contributed by atoms with Crippen molar-refractivity contribution in [2.75, 3.05) is 27.2 Å². The van der Waals surface area contributed by atoms with Crippen LogP contribution in [0.1, 0.15) is 5.56 Å². The molecule has 0 amide bonds. The highest BCUT2D eigenvalue weighted by atomic mass is 35.5. The fraction of sp³-hybridized carbons (Fsp3) is 0.308. The van der Waals surface area contributed by atoms with Crippen molar-refractivity contribution >= 4 is 23.5 Å². The number of benzene rings is 1. The SMILES string of the molecule is COc1ccc(C=CC(=O)CCl)c(OC)c1OC. The van der Waals surface area contributed by atoms with Crippen LogP contribution in [0.4, 0.5) is 0 Å². The lowest BCUT2D eigenvalue weighted by atomic mass is 10.1. The predicted molar refractivity (Wildman–Crippen MR) is 70.9 cm³/mol. The van der Waals surface area contributed by atoms with E-state index in [0.717, 1.165) is 0 Å². The Bertz CT molecular complexity index is 455. The number of carbonyl (C=O) groups excluding carboxylic acids is 1. The molecule has 0 fully saturated rings. The van der Waals surface area contributed by atoms with Crippen molar-refractivity contribution in [3.63, 3.8) is 0 Å². The number of rotatable bonds is 6. The minimum atomic E-state index is -0.173. The molecule has 0 radical (unpaired) electrons. The number of carbonyl (C=O) groups is 1. The normalized spacial score (nSPS) is 10.4. The van der Waals surface area contributed by atoms with Crippen LogP contribution in [-0.4, -0.2) is 33.0 Å². The molecule has 0 aliphatic carbocycles. The first-order valence-corrected chi connectivity index (χ1v) is 5.77. The van der Waals surface area contributed by atoms with E-state index in [4.69, 9.17) is 25.8 Å². The molecule has 98 valence electrons. The van der Waals surface area contributed by atoms with Gasteiger partial charge in [0.1, 0.15) is 0 Å². The van der Waals surface area contributed by atoms with Gasteiger partial charge in [-0.25, -0.2) is 0 Å². The van der Waals surface area contributed by atoms with Gasteiger partial charge in [0.05, 0.1) is 27.2 Å². The maximum absolute atomic E-state index is 11.1. The third-order valence-corrected chi connectivity index (χ3v) is 2.58. The largest absolute Gasteiger partial charge is 0.493 e. The summed E-state index contributed by atoms with van der Waals surface area (Å²) in [6.45, 7) is 0. The van der Waals surface area contributed by atoms with Gasteiger partial charge in [-0.05, 0) is 24.3 Å². The van der Waals surface area contributed by atoms with Crippen molar-refractivity contribution in [3.8, 4) is 17.2 Å². The zero-order valence-electron chi connectivity index (χ0n) is 10.5. The summed E-state index contributed by atoms with van der Waals surface area (Å²) < 4.78 is 15.7. The molecule has 0 aliphatic rings. The monoisotopic (exact) mass is 270 g/mol. The van der Waals surface area contributed by atoms with E-state index >= 15 is 0 Å². The average molecular weight is 271 g/mol. The second kappa shape index (κ2) is 6.91. The van der Waals surface area contributed by atoms with Crippen molar-refractivity contribution in [1.82, 2.24) is 0 Å². The number of allylic oxidation sites excluding steroid dienone is 1. The maximum Gasteiger partial charge on any atom is 0.203 e. The third-order valence-electron chi connectivity index (χ3n) is 2.32. The lowest BCUT2D eigenvalue weighted by Crippen LogP contribution is -1.97. The number of halogens is 1. The van der Waals surface area contributed by atoms with E-state index in [-0.39, 0.29) is 11.7 Å². The second-order valence-corrected chi connectivity index (χ2v) is 3.62. The van der Waals surface area contributed by atoms with Crippen molar-refractivity contribution < 1.29 is 19.0 Å². The Morgan fingerprint density at radius 2 is 1.83 bits per heavy atom. The van der Waals surface area contributed by atoms with E-state index in [1.807, 2.05) is 0 Å². The van der Waals surface area contributed by atoms with Gasteiger partial charge < -0.3 is 14.2 Å². The van der Waals surface area contributed by atoms with E-state index in [2.05, 4.69) is 0 Å². The summed E-state index contributed by atoms with van der Waals surface area (Å²) in [7, 11) is 4.60. The van der Waals surface area contributed by atoms with Crippen LogP contribution in [0.3, 0.4) is 0 Å². The number of ether oxygens (including phenoxy) is 3. The number of alkyl halides is 1. The van der Waals surface area contributed by atoms with E-state index in [1.54, 1.807) is 25.3 Å². The summed E-state index contributed by atoms with van der Waals surface area (Å²) in [5, 5.41) is 0. The van der Waals surface area contributed by atoms with Gasteiger partial charge in [0, 0.05) is 5.56 Å². The molecule has 5 heteroatoms. The van der Waals surface area contributed by atoms with E-state index in [1.165, 1.54) is 20.3 Å². The van der Waals surface area contributed by atoms with Crippen LogP contribution < -0.4 is 14.2 Å². The van der Waals surface area contributed by atoms with Crippen molar-refractivity contribution in [3.05, 3.63) is 23.8 Å². The Morgan fingerprint density at radius 1 is 1.17 bits per heavy atom. The highest BCUT2D eigenvalue weighted by Crippen LogP contribution is 2.40. The van der Waals surface area contributed by atoms with Crippen LogP contribution in [0, 0.1) is 0 Å². The van der Waals surface area contributed by atoms with E-state index in [0.29, 0.717) is 22.8 Å². The topological polar surface area (TPSA) is 44.8 Å². The van der Waals surface area contributed by atoms with Crippen molar-refractivity contribution in [2.24, 2.45) is 0 Å². The molecular formula is C13H15ClO4. The summed E-state index contributed by atoms with van der Waals surface area (Å²) >= 11 is 5.42. The van der Waals surface area contributed by atoms with E-state index in [9.17, 15) is 4.79 Å². The van der Waals surface area contributed by atoms with E-state index < -0.39 is 0 Å². The molecule has 0 saturated heterocycles. The first-order valence-electron chi connectivity index (χ1n) is 5.23. The van der Waals surface area contributed by atoms with Crippen LogP contribution in [0.2, 0.25) is 0 Å². The highest BCUT2D eigenvalue weighted by molar-refractivity contribution is 6.29. The van der Waals surface area contributed by atoms with Crippen LogP contribution in [0.25, 0.3) is 6.08 Å². The molecule has 1 aromatic carbocycles. The van der Waals surface area contributed by atoms with Gasteiger partial charge in [-0.2, -0.15) is 0 Å². The molecule has 0 bridgehead atoms. The molecule has 18 heavy (non-hydrogen) atoms. The third kappa shape index (κ3) is 3.17. The first kappa shape index (κ1) is 14.4. The standard InChI is InChI=1S/C13H15ClO4/c1-16-11-7-5-9(4-6-10(15)8-14)12(17-2)13(11)18-3/h4-7H,8H2,1-3H3. The zero-order chi connectivity index (χ0) is 13.5. The molecular weight excluding hydrogens is 256 g/mol. The van der Waals surface area contributed by atoms with Gasteiger partial charge in [-0.3, -0.25) is 4.79 Å². The molecule has 0 unspecified atom stereocenters. The molecule has 1 rings (SSSR count). The summed E-state index contributed by atoms with van der Waals surface area (Å²) in [4.78, 5) is 11.1. The van der Waals surface area contributed by atoms with Crippen LogP contribution in [0.15, 0.2) is 18.2 Å². The first-order chi connectivity index (χ1) is 8.67. The highest BCUT2D eigenvalue weighted by Gasteiger charge is 2.14. The summed E-state index contributed by atoms with van der Waals surface area (Å²) in [5.41, 5.74) is 0.716. The molecule has 0 aromatic heterocycles. The Morgan fingerprint density at radius 3 is 2.33 bits per heavy atom. The Hall–Kier alpha value is -1.68. The average Bonchev–Trinajstić information content (AvgIpc) is 2.43.